The highest BCUT2D eigenvalue weighted by atomic mass is 35.5. The maximum atomic E-state index is 13.1. The minimum Gasteiger partial charge on any atom is -0.381 e. The Morgan fingerprint density at radius 3 is 2.44 bits per heavy atom. The fourth-order valence-corrected chi connectivity index (χ4v) is 3.13. The van der Waals surface area contributed by atoms with Crippen LogP contribution >= 0.6 is 11.6 Å². The van der Waals surface area contributed by atoms with Crippen molar-refractivity contribution in [2.24, 2.45) is 7.05 Å². The van der Waals surface area contributed by atoms with Gasteiger partial charge in [0.25, 0.3) is 5.91 Å². The predicted molar refractivity (Wildman–Crippen MR) is 96.6 cm³/mol. The Morgan fingerprint density at radius 1 is 1.15 bits per heavy atom. The first-order valence-electron chi connectivity index (χ1n) is 8.04. The molecule has 0 unspecified atom stereocenters. The molecule has 0 saturated carbocycles. The van der Waals surface area contributed by atoms with Crippen molar-refractivity contribution in [3.05, 3.63) is 70.9 Å². The molecule has 142 valence electrons. The third-order valence-electron chi connectivity index (χ3n) is 4.33. The van der Waals surface area contributed by atoms with E-state index >= 15 is 0 Å². The van der Waals surface area contributed by atoms with Gasteiger partial charge in [-0.15, -0.1) is 0 Å². The summed E-state index contributed by atoms with van der Waals surface area (Å²) in [5, 5.41) is 13.3. The predicted octanol–water partition coefficient (Wildman–Crippen LogP) is 4.23. The second-order valence-corrected chi connectivity index (χ2v) is 6.58. The molecule has 1 heterocycles. The number of fused-ring (bicyclic) bond motifs is 1. The van der Waals surface area contributed by atoms with Gasteiger partial charge < -0.3 is 15.0 Å². The van der Waals surface area contributed by atoms with E-state index in [1.807, 2.05) is 0 Å². The van der Waals surface area contributed by atoms with E-state index in [-0.39, 0.29) is 11.3 Å². The number of aromatic nitrogens is 1. The number of aryl methyl sites for hydroxylation is 1. The van der Waals surface area contributed by atoms with Gasteiger partial charge in [0, 0.05) is 23.0 Å². The molecule has 27 heavy (non-hydrogen) atoms. The number of aliphatic hydroxyl groups excluding tert-OH is 1. The Bertz CT molecular complexity index is 970. The number of hydrogen-bond acceptors (Lipinski definition) is 2. The molecule has 3 rings (SSSR count). The summed E-state index contributed by atoms with van der Waals surface area (Å²) in [7, 11) is 1.63. The van der Waals surface area contributed by atoms with Gasteiger partial charge in [0.15, 0.2) is 6.10 Å². The molecule has 0 aliphatic carbocycles. The number of hydrogen-bond donors (Lipinski definition) is 2. The number of aliphatic hydroxyl groups is 1. The van der Waals surface area contributed by atoms with Crippen molar-refractivity contribution in [3.63, 3.8) is 0 Å². The average Bonchev–Trinajstić information content (AvgIpc) is 2.95. The molecule has 0 fully saturated rings. The number of carbonyl (C=O) groups is 1. The summed E-state index contributed by atoms with van der Waals surface area (Å²) in [6, 6.07) is 12.5. The van der Waals surface area contributed by atoms with Crippen LogP contribution in [0.3, 0.4) is 0 Å². The molecule has 2 N–H and O–H groups in total. The van der Waals surface area contributed by atoms with Crippen LogP contribution in [0, 0.1) is 0 Å². The highest BCUT2D eigenvalue weighted by molar-refractivity contribution is 6.31. The second-order valence-electron chi connectivity index (χ2n) is 6.14. The van der Waals surface area contributed by atoms with Crippen molar-refractivity contribution < 1.29 is 23.1 Å². The standard InChI is InChI=1S/C19H16ClF3N2O2/c1-25-14-8-7-13(20)9-12(14)10-15(25)18(27)24-16(17(26)19(21,22)23)11-5-3-2-4-6-11/h2-10,16-17,26H,1H3,(H,24,27)/t16-,17+/m0/s1. The van der Waals surface area contributed by atoms with Crippen molar-refractivity contribution in [2.45, 2.75) is 18.3 Å². The Kier molecular flexibility index (Phi) is 5.17. The van der Waals surface area contributed by atoms with Crippen LogP contribution in [-0.2, 0) is 7.05 Å². The Morgan fingerprint density at radius 2 is 1.81 bits per heavy atom. The smallest absolute Gasteiger partial charge is 0.381 e. The number of carbonyl (C=O) groups excluding carboxylic acids is 1. The first kappa shape index (κ1) is 19.3. The van der Waals surface area contributed by atoms with Gasteiger partial charge in [-0.3, -0.25) is 4.79 Å². The molecule has 0 aliphatic heterocycles. The minimum atomic E-state index is -4.89. The molecule has 0 radical (unpaired) electrons. The summed E-state index contributed by atoms with van der Waals surface area (Å²) in [6.07, 6.45) is -7.63. The summed E-state index contributed by atoms with van der Waals surface area (Å²) in [6.45, 7) is 0. The first-order valence-corrected chi connectivity index (χ1v) is 8.42. The SMILES string of the molecule is Cn1c(C(=O)N[C@@H](c2ccccc2)[C@@H](O)C(F)(F)F)cc2cc(Cl)ccc21. The molecule has 8 heteroatoms. The molecule has 4 nitrogen and oxygen atoms in total. The van der Waals surface area contributed by atoms with Crippen LogP contribution < -0.4 is 5.32 Å². The number of nitrogens with one attached hydrogen (secondary N) is 1. The topological polar surface area (TPSA) is 54.3 Å². The third kappa shape index (κ3) is 3.94. The monoisotopic (exact) mass is 396 g/mol. The zero-order chi connectivity index (χ0) is 19.8. The van der Waals surface area contributed by atoms with Gasteiger partial charge in [-0.1, -0.05) is 41.9 Å². The zero-order valence-corrected chi connectivity index (χ0v) is 14.9. The van der Waals surface area contributed by atoms with E-state index in [1.165, 1.54) is 24.3 Å². The number of benzene rings is 2. The molecule has 3 aromatic rings. The van der Waals surface area contributed by atoms with Crippen LogP contribution in [0.1, 0.15) is 22.1 Å². The molecule has 1 amide bonds. The average molecular weight is 397 g/mol. The van der Waals surface area contributed by atoms with Gasteiger partial charge in [0.05, 0.1) is 6.04 Å². The lowest BCUT2D eigenvalue weighted by Gasteiger charge is -2.26. The fourth-order valence-electron chi connectivity index (χ4n) is 2.95. The van der Waals surface area contributed by atoms with Crippen LogP contribution in [0.25, 0.3) is 10.9 Å². The van der Waals surface area contributed by atoms with Crippen molar-refractivity contribution >= 4 is 28.4 Å². The van der Waals surface area contributed by atoms with E-state index in [2.05, 4.69) is 5.32 Å². The van der Waals surface area contributed by atoms with Crippen LogP contribution in [0.2, 0.25) is 5.02 Å². The lowest BCUT2D eigenvalue weighted by molar-refractivity contribution is -0.212. The molecule has 0 aliphatic rings. The molecule has 0 bridgehead atoms. The molecule has 1 aromatic heterocycles. The summed E-state index contributed by atoms with van der Waals surface area (Å²) >= 11 is 5.95. The van der Waals surface area contributed by atoms with Crippen LogP contribution in [0.15, 0.2) is 54.6 Å². The largest absolute Gasteiger partial charge is 0.416 e. The fraction of sp³-hybridized carbons (Fsp3) is 0.211. The van der Waals surface area contributed by atoms with E-state index in [0.717, 1.165) is 0 Å². The molecule has 0 saturated heterocycles. The first-order chi connectivity index (χ1) is 12.7. The summed E-state index contributed by atoms with van der Waals surface area (Å²) in [5.74, 6) is -0.734. The number of amides is 1. The van der Waals surface area contributed by atoms with Gasteiger partial charge in [-0.25, -0.2) is 0 Å². The summed E-state index contributed by atoms with van der Waals surface area (Å²) in [4.78, 5) is 12.7. The molecular formula is C19H16ClF3N2O2. The van der Waals surface area contributed by atoms with E-state index < -0.39 is 24.2 Å². The van der Waals surface area contributed by atoms with Crippen LogP contribution in [-0.4, -0.2) is 27.9 Å². The van der Waals surface area contributed by atoms with Gasteiger partial charge in [-0.2, -0.15) is 13.2 Å². The van der Waals surface area contributed by atoms with Gasteiger partial charge in [0.1, 0.15) is 5.69 Å². The maximum absolute atomic E-state index is 13.1. The normalized spacial score (nSPS) is 14.1. The summed E-state index contributed by atoms with van der Waals surface area (Å²) < 4.78 is 40.9. The third-order valence-corrected chi connectivity index (χ3v) is 4.57. The van der Waals surface area contributed by atoms with E-state index in [4.69, 9.17) is 11.6 Å². The highest BCUT2D eigenvalue weighted by Gasteiger charge is 2.45. The quantitative estimate of drug-likeness (QED) is 0.693. The Hall–Kier alpha value is -2.51. The summed E-state index contributed by atoms with van der Waals surface area (Å²) in [5.41, 5.74) is 1.01. The lowest BCUT2D eigenvalue weighted by atomic mass is 10.0. The second kappa shape index (κ2) is 7.25. The van der Waals surface area contributed by atoms with Crippen LogP contribution in [0.4, 0.5) is 13.2 Å². The van der Waals surface area contributed by atoms with Gasteiger partial charge >= 0.3 is 6.18 Å². The molecule has 2 atom stereocenters. The molecule has 0 spiro atoms. The van der Waals surface area contributed by atoms with Crippen molar-refractivity contribution in [2.75, 3.05) is 0 Å². The number of alkyl halides is 3. The van der Waals surface area contributed by atoms with Crippen molar-refractivity contribution in [1.29, 1.82) is 0 Å². The lowest BCUT2D eigenvalue weighted by Crippen LogP contribution is -2.44. The zero-order valence-electron chi connectivity index (χ0n) is 14.2. The number of rotatable bonds is 4. The Labute approximate surface area is 158 Å². The van der Waals surface area contributed by atoms with Crippen molar-refractivity contribution in [3.8, 4) is 0 Å². The molecule has 2 aromatic carbocycles. The maximum Gasteiger partial charge on any atom is 0.416 e. The molecular weight excluding hydrogens is 381 g/mol. The minimum absolute atomic E-state index is 0.150. The number of halogens is 4. The van der Waals surface area contributed by atoms with Crippen molar-refractivity contribution in [1.82, 2.24) is 9.88 Å². The van der Waals surface area contributed by atoms with Gasteiger partial charge in [0.2, 0.25) is 0 Å². The van der Waals surface area contributed by atoms with E-state index in [9.17, 15) is 23.1 Å². The highest BCUT2D eigenvalue weighted by Crippen LogP contribution is 2.31. The Balaban J connectivity index is 1.96. The van der Waals surface area contributed by atoms with E-state index in [0.29, 0.717) is 15.9 Å². The number of nitrogens with zero attached hydrogens (tertiary/aromatic N) is 1. The van der Waals surface area contributed by atoms with E-state index in [1.54, 1.807) is 41.9 Å². The van der Waals surface area contributed by atoms with Gasteiger partial charge in [-0.05, 0) is 29.8 Å². The van der Waals surface area contributed by atoms with Crippen LogP contribution in [0.5, 0.6) is 0 Å².